The lowest BCUT2D eigenvalue weighted by Gasteiger charge is -2.34. The fourth-order valence-electron chi connectivity index (χ4n) is 14.1. The van der Waals surface area contributed by atoms with E-state index in [1.165, 1.54) is 102 Å². The van der Waals surface area contributed by atoms with Crippen LogP contribution in [0.3, 0.4) is 0 Å². The van der Waals surface area contributed by atoms with Gasteiger partial charge in [-0.2, -0.15) is 52.7 Å². The van der Waals surface area contributed by atoms with Crippen molar-refractivity contribution in [2.75, 3.05) is 97.1 Å². The van der Waals surface area contributed by atoms with Crippen LogP contribution in [0.5, 0.6) is 0 Å². The van der Waals surface area contributed by atoms with Crippen molar-refractivity contribution in [2.45, 2.75) is 75.6 Å². The molecule has 0 saturated carbocycles. The van der Waals surface area contributed by atoms with E-state index in [0.717, 1.165) is 35.4 Å². The molecule has 11 heterocycles. The first-order valence-corrected chi connectivity index (χ1v) is 37.2. The maximum atomic E-state index is 13.5. The maximum Gasteiger partial charge on any atom is 0.417 e. The Labute approximate surface area is 674 Å². The molecule has 4 aliphatic heterocycles. The second kappa shape index (κ2) is 34.4. The molecule has 3 fully saturated rings. The second-order valence-electron chi connectivity index (χ2n) is 26.9. The molecule has 4 aliphatic rings. The van der Waals surface area contributed by atoms with E-state index in [2.05, 4.69) is 40.3 Å². The molecule has 23 nitrogen and oxygen atoms in total. The first-order valence-electron chi connectivity index (χ1n) is 35.7. The molecule has 12 aromatic rings. The number of halogens is 16. The number of benzene rings is 5. The minimum Gasteiger partial charge on any atom is -0.478 e. The Morgan fingerprint density at radius 2 is 0.872 bits per heavy atom. The number of pyridine rings is 3. The SMILES string of the molecule is CCOC(=O)c1cnc(N2CCN(c3noc4cccc(C(F)(F)F)c34)CC2=O)c(Cl)c1.COC(=O)c1cnc(C2CCN(c3noc4cccc(C(F)(F)F)c34)CC2)c(Cl)c1.FC(F)(F)c1cccc2onc(N3CC=C(c4ccccc4Cl)CC3)c12.O=C(O)c1cnc(C2CCN(c3noc4cccc(C(F)(F)F)c34)CC2)c(Cl)c1. The number of carbonyl (C=O) groups excluding carboxylic acids is 3. The number of aromatic nitrogens is 7. The number of hydrogen-bond donors (Lipinski definition) is 1. The highest BCUT2D eigenvalue weighted by molar-refractivity contribution is 6.34. The number of anilines is 5. The fraction of sp³-hybridized carbons (Fsp3) is 0.295. The Morgan fingerprint density at radius 3 is 1.26 bits per heavy atom. The number of fused-ring (bicyclic) bond motifs is 4. The Kier molecular flexibility index (Phi) is 24.6. The molecule has 0 spiro atoms. The highest BCUT2D eigenvalue weighted by Gasteiger charge is 2.42. The minimum atomic E-state index is -4.61. The normalized spacial score (nSPS) is 15.4. The number of carboxylic acid groups (broad SMARTS) is 1. The van der Waals surface area contributed by atoms with Crippen molar-refractivity contribution in [3.05, 3.63) is 216 Å². The fourth-order valence-corrected chi connectivity index (χ4v) is 15.3. The van der Waals surface area contributed by atoms with Crippen LogP contribution in [-0.2, 0) is 39.0 Å². The highest BCUT2D eigenvalue weighted by atomic mass is 35.5. The topological polar surface area (TPSA) is 266 Å². The van der Waals surface area contributed by atoms with Gasteiger partial charge in [0.25, 0.3) is 0 Å². The van der Waals surface area contributed by atoms with Crippen LogP contribution in [0.1, 0.15) is 121 Å². The molecule has 1 N–H and O–H groups in total. The Hall–Kier alpha value is -11.4. The van der Waals surface area contributed by atoms with Crippen LogP contribution in [0, 0.1) is 0 Å². The smallest absolute Gasteiger partial charge is 0.417 e. The van der Waals surface area contributed by atoms with Gasteiger partial charge in [-0.05, 0) is 123 Å². The number of amides is 1. The summed E-state index contributed by atoms with van der Waals surface area (Å²) in [4.78, 5) is 67.9. The van der Waals surface area contributed by atoms with Gasteiger partial charge in [-0.25, -0.2) is 19.4 Å². The third-order valence-electron chi connectivity index (χ3n) is 19.7. The van der Waals surface area contributed by atoms with Crippen LogP contribution in [-0.4, -0.2) is 137 Å². The first-order chi connectivity index (χ1) is 55.7. The molecule has 3 saturated heterocycles. The zero-order chi connectivity index (χ0) is 83.6. The number of aromatic carboxylic acids is 1. The molecular weight excluding hydrogens is 1650 g/mol. The van der Waals surface area contributed by atoms with Gasteiger partial charge in [0.2, 0.25) is 5.91 Å². The van der Waals surface area contributed by atoms with Crippen molar-refractivity contribution >= 4 is 149 Å². The zero-order valence-electron chi connectivity index (χ0n) is 61.0. The summed E-state index contributed by atoms with van der Waals surface area (Å²) in [6.45, 7) is 4.63. The van der Waals surface area contributed by atoms with Crippen LogP contribution in [0.4, 0.5) is 81.8 Å². The summed E-state index contributed by atoms with van der Waals surface area (Å²) >= 11 is 25.0. The van der Waals surface area contributed by atoms with Crippen LogP contribution in [0.25, 0.3) is 49.5 Å². The van der Waals surface area contributed by atoms with Gasteiger partial charge in [0.05, 0.1) is 107 Å². The van der Waals surface area contributed by atoms with Crippen LogP contribution in [0.15, 0.2) is 158 Å². The quantitative estimate of drug-likeness (QED) is 0.0879. The number of methoxy groups -OCH3 is 1. The van der Waals surface area contributed by atoms with Crippen molar-refractivity contribution in [3.63, 3.8) is 0 Å². The van der Waals surface area contributed by atoms with Gasteiger partial charge < -0.3 is 52.3 Å². The molecule has 0 atom stereocenters. The number of ether oxygens (including phenoxy) is 2. The minimum absolute atomic E-state index is 0.00457. The van der Waals surface area contributed by atoms with E-state index < -0.39 is 70.8 Å². The predicted molar refractivity (Wildman–Crippen MR) is 407 cm³/mol. The number of piperidine rings is 2. The van der Waals surface area contributed by atoms with Crippen molar-refractivity contribution in [3.8, 4) is 0 Å². The van der Waals surface area contributed by atoms with Gasteiger partial charge in [-0.1, -0.05) is 116 Å². The lowest BCUT2D eigenvalue weighted by Crippen LogP contribution is -2.51. The predicted octanol–water partition coefficient (Wildman–Crippen LogP) is 19.8. The standard InChI is InChI=1S/C20H16ClF3N4O4.C20H17ClF3N3O3.C19H15ClF3N3O3.C19H14ClF3N2O/c1-2-31-19(30)11-8-13(21)17(25-9-11)28-7-6-27(10-15(28)29)18-16-12(20(22,23)24)4-3-5-14(16)32-26-18;1-29-19(28)12-9-14(21)17(25-10-12)11-5-7-27(8-6-11)18-16-13(20(22,23)24)3-2-4-15(16)30-26-18;20-13-8-11(18(27)28)9-24-16(13)10-4-6-26(7-5-10)17-15-12(19(21,22)23)2-1-3-14(15)29-25-17;20-15-6-2-1-4-13(15)12-8-10-25(11-9-12)18-17-14(19(21,22)23)5-3-7-16(17)26-24-18/h3-5,8-9H,2,6-7,10H2,1H3;2-4,9-11H,5-8H2,1H3;1-3,8-10H,4-7H2,(H,27,28);1-8H,9-11H2. The molecule has 7 aromatic heterocycles. The monoisotopic (exact) mass is 1710 g/mol. The van der Waals surface area contributed by atoms with Crippen molar-refractivity contribution < 1.29 is 105 Å². The summed E-state index contributed by atoms with van der Waals surface area (Å²) in [6, 6.07) is 26.8. The molecule has 16 rings (SSSR count). The highest BCUT2D eigenvalue weighted by Crippen LogP contribution is 2.47. The summed E-state index contributed by atoms with van der Waals surface area (Å²) in [5, 5.41) is 25.6. The average molecular weight is 1710 g/mol. The third kappa shape index (κ3) is 18.1. The number of alkyl halides is 12. The van der Waals surface area contributed by atoms with Gasteiger partial charge in [0.15, 0.2) is 51.4 Å². The summed E-state index contributed by atoms with van der Waals surface area (Å²) in [5.41, 5.74) is 0.836. The Bertz CT molecular complexity index is 5740. The number of hydrogen-bond acceptors (Lipinski definition) is 21. The van der Waals surface area contributed by atoms with Gasteiger partial charge in [0.1, 0.15) is 0 Å². The molecule has 117 heavy (non-hydrogen) atoms. The van der Waals surface area contributed by atoms with E-state index in [-0.39, 0.29) is 138 Å². The maximum absolute atomic E-state index is 13.5. The van der Waals surface area contributed by atoms with E-state index in [1.807, 2.05) is 30.3 Å². The lowest BCUT2D eigenvalue weighted by molar-refractivity contribution is -0.137. The third-order valence-corrected chi connectivity index (χ3v) is 21.0. The number of nitrogens with zero attached hydrogens (tertiary/aromatic N) is 12. The van der Waals surface area contributed by atoms with Crippen LogP contribution < -0.4 is 24.5 Å². The summed E-state index contributed by atoms with van der Waals surface area (Å²) in [7, 11) is 1.28. The Morgan fingerprint density at radius 1 is 0.470 bits per heavy atom. The first kappa shape index (κ1) is 83.5. The van der Waals surface area contributed by atoms with E-state index in [9.17, 15) is 71.9 Å². The lowest BCUT2D eigenvalue weighted by atomic mass is 9.92. The van der Waals surface area contributed by atoms with Crippen molar-refractivity contribution in [1.29, 1.82) is 0 Å². The summed E-state index contributed by atoms with van der Waals surface area (Å²) < 4.78 is 191. The molecule has 0 aliphatic carbocycles. The largest absolute Gasteiger partial charge is 0.478 e. The summed E-state index contributed by atoms with van der Waals surface area (Å²) in [6.07, 6.45) is -9.12. The van der Waals surface area contributed by atoms with Crippen molar-refractivity contribution in [2.24, 2.45) is 0 Å². The molecular formula is C78H62Cl4F12N12O11. The van der Waals surface area contributed by atoms with Gasteiger partial charge in [-0.3, -0.25) is 19.7 Å². The van der Waals surface area contributed by atoms with Gasteiger partial charge >= 0.3 is 42.6 Å². The number of piperazine rings is 1. The second-order valence-corrected chi connectivity index (χ2v) is 28.5. The number of carbonyl (C=O) groups is 4. The number of esters is 2. The van der Waals surface area contributed by atoms with Crippen molar-refractivity contribution in [1.82, 2.24) is 35.6 Å². The number of rotatable bonds is 12. The average Bonchev–Trinajstić information content (AvgIpc) is 1.66. The zero-order valence-corrected chi connectivity index (χ0v) is 64.0. The molecule has 0 unspecified atom stereocenters. The Balaban J connectivity index is 0.000000136. The molecule has 1 amide bonds. The van der Waals surface area contributed by atoms with Gasteiger partial charge in [-0.15, -0.1) is 0 Å². The molecule has 0 bridgehead atoms. The van der Waals surface area contributed by atoms with E-state index >= 15 is 0 Å². The molecule has 39 heteroatoms. The van der Waals surface area contributed by atoms with Crippen LogP contribution >= 0.6 is 46.4 Å². The van der Waals surface area contributed by atoms with E-state index in [0.29, 0.717) is 92.8 Å². The van der Waals surface area contributed by atoms with Crippen LogP contribution in [0.2, 0.25) is 20.1 Å². The van der Waals surface area contributed by atoms with Gasteiger partial charge in [0, 0.05) is 87.8 Å². The summed E-state index contributed by atoms with van der Waals surface area (Å²) in [5.74, 6) is -2.02. The molecule has 5 aromatic carbocycles. The molecule has 0 radical (unpaired) electrons. The number of carboxylic acids is 1. The molecule has 612 valence electrons. The van der Waals surface area contributed by atoms with E-state index in [1.54, 1.807) is 21.6 Å². The van der Waals surface area contributed by atoms with E-state index in [4.69, 9.17) is 74.3 Å².